The molecule has 218 valence electrons. The Morgan fingerprint density at radius 1 is 1.07 bits per heavy atom. The summed E-state index contributed by atoms with van der Waals surface area (Å²) in [5, 5.41) is 27.9. The Balaban J connectivity index is 1.36. The number of hydrogen-bond acceptors (Lipinski definition) is 9. The van der Waals surface area contributed by atoms with E-state index in [1.165, 1.54) is 0 Å². The molecule has 0 aliphatic heterocycles. The third-order valence-corrected chi connectivity index (χ3v) is 5.99. The molecule has 0 bridgehead atoms. The minimum atomic E-state index is -0.794. The largest absolute Gasteiger partial charge is 0.494 e. The lowest BCUT2D eigenvalue weighted by molar-refractivity contribution is -0.137. The summed E-state index contributed by atoms with van der Waals surface area (Å²) in [6.07, 6.45) is 6.95. The highest BCUT2D eigenvalue weighted by Crippen LogP contribution is 2.27. The van der Waals surface area contributed by atoms with Gasteiger partial charge in [-0.2, -0.15) is 5.10 Å². The quantitative estimate of drug-likeness (QED) is 0.196. The smallest absolute Gasteiger partial charge is 0.407 e. The number of nitrogens with one attached hydrogen (secondary N) is 2. The first kappa shape index (κ1) is 29.3. The second kappa shape index (κ2) is 13.1. The summed E-state index contributed by atoms with van der Waals surface area (Å²) < 4.78 is 14.5. The number of carbonyl (C=O) groups excluding carboxylic acids is 1. The van der Waals surface area contributed by atoms with Crippen molar-refractivity contribution in [1.29, 1.82) is 0 Å². The van der Waals surface area contributed by atoms with Crippen LogP contribution in [-0.2, 0) is 16.1 Å². The van der Waals surface area contributed by atoms with E-state index in [0.29, 0.717) is 56.0 Å². The van der Waals surface area contributed by atoms with Gasteiger partial charge in [0.25, 0.3) is 0 Å². The maximum Gasteiger partial charge on any atom is 0.407 e. The van der Waals surface area contributed by atoms with Gasteiger partial charge in [0.15, 0.2) is 0 Å². The third kappa shape index (κ3) is 8.40. The number of aliphatic carboxylic acids is 1. The van der Waals surface area contributed by atoms with Gasteiger partial charge in [-0.15, -0.1) is 5.10 Å². The molecule has 1 amide bonds. The van der Waals surface area contributed by atoms with E-state index in [-0.39, 0.29) is 6.42 Å². The summed E-state index contributed by atoms with van der Waals surface area (Å²) in [7, 11) is 0. The van der Waals surface area contributed by atoms with Crippen molar-refractivity contribution in [3.63, 3.8) is 0 Å². The molecule has 0 unspecified atom stereocenters. The number of nitrogens with zero attached hydrogens (tertiary/aromatic N) is 6. The minimum absolute atomic E-state index is 0.148. The average molecular weight is 565 g/mol. The molecule has 0 saturated carbocycles. The Hall–Kier alpha value is -4.68. The van der Waals surface area contributed by atoms with E-state index >= 15 is 0 Å². The van der Waals surface area contributed by atoms with Gasteiger partial charge in [0.05, 0.1) is 25.2 Å². The molecule has 13 heteroatoms. The predicted molar refractivity (Wildman–Crippen MR) is 153 cm³/mol. The number of amides is 1. The number of carbonyl (C=O) groups is 2. The SMILES string of the molecule is Cc1c(Nc2ccc(OCCCCC(=O)O)cc2)ncc2nnn(-c3cnn(CCCNC(=O)OC(C)(C)C)c3)c12. The fourth-order valence-electron chi connectivity index (χ4n) is 4.04. The fourth-order valence-corrected chi connectivity index (χ4v) is 4.04. The zero-order valence-electron chi connectivity index (χ0n) is 23.8. The van der Waals surface area contributed by atoms with Crippen molar-refractivity contribution in [2.24, 2.45) is 0 Å². The summed E-state index contributed by atoms with van der Waals surface area (Å²) in [6, 6.07) is 7.51. The molecular weight excluding hydrogens is 528 g/mol. The van der Waals surface area contributed by atoms with Crippen LogP contribution >= 0.6 is 0 Å². The van der Waals surface area contributed by atoms with E-state index in [1.807, 2.05) is 58.2 Å². The van der Waals surface area contributed by atoms with Gasteiger partial charge in [0, 0.05) is 30.8 Å². The van der Waals surface area contributed by atoms with E-state index < -0.39 is 17.7 Å². The van der Waals surface area contributed by atoms with Crippen LogP contribution in [0.25, 0.3) is 16.7 Å². The van der Waals surface area contributed by atoms with Crippen molar-refractivity contribution < 1.29 is 24.2 Å². The number of ether oxygens (including phenoxy) is 2. The number of hydrogen-bond donors (Lipinski definition) is 3. The topological polar surface area (TPSA) is 158 Å². The second-order valence-corrected chi connectivity index (χ2v) is 10.6. The Morgan fingerprint density at radius 3 is 2.59 bits per heavy atom. The number of pyridine rings is 1. The van der Waals surface area contributed by atoms with Crippen molar-refractivity contribution in [3.05, 3.63) is 48.4 Å². The van der Waals surface area contributed by atoms with Crippen molar-refractivity contribution in [2.45, 2.75) is 65.5 Å². The molecule has 1 aromatic carbocycles. The highest BCUT2D eigenvalue weighted by atomic mass is 16.6. The summed E-state index contributed by atoms with van der Waals surface area (Å²) in [5.41, 5.74) is 3.42. The summed E-state index contributed by atoms with van der Waals surface area (Å²) in [5.74, 6) is 0.591. The van der Waals surface area contributed by atoms with Gasteiger partial charge in [-0.25, -0.2) is 14.5 Å². The maximum atomic E-state index is 11.8. The molecule has 0 atom stereocenters. The Kier molecular flexibility index (Phi) is 9.37. The molecule has 0 aliphatic rings. The third-order valence-electron chi connectivity index (χ3n) is 5.99. The molecule has 13 nitrogen and oxygen atoms in total. The first-order valence-corrected chi connectivity index (χ1v) is 13.5. The number of aryl methyl sites for hydroxylation is 2. The lowest BCUT2D eigenvalue weighted by Gasteiger charge is -2.19. The van der Waals surface area contributed by atoms with Gasteiger partial charge in [0.2, 0.25) is 0 Å². The fraction of sp³-hybridized carbons (Fsp3) is 0.429. The highest BCUT2D eigenvalue weighted by molar-refractivity contribution is 5.83. The zero-order valence-corrected chi connectivity index (χ0v) is 23.8. The van der Waals surface area contributed by atoms with Gasteiger partial charge < -0.3 is 25.2 Å². The molecular formula is C28H36N8O5. The van der Waals surface area contributed by atoms with Crippen molar-refractivity contribution in [1.82, 2.24) is 35.1 Å². The number of benzene rings is 1. The maximum absolute atomic E-state index is 11.8. The number of carboxylic acid groups (broad SMARTS) is 1. The molecule has 3 heterocycles. The number of fused-ring (bicyclic) bond motifs is 1. The van der Waals surface area contributed by atoms with Crippen LogP contribution in [0.2, 0.25) is 0 Å². The van der Waals surface area contributed by atoms with Crippen molar-refractivity contribution in [3.8, 4) is 11.4 Å². The van der Waals surface area contributed by atoms with Crippen LogP contribution in [0.1, 0.15) is 52.0 Å². The number of alkyl carbamates (subject to hydrolysis) is 1. The van der Waals surface area contributed by atoms with Crippen molar-refractivity contribution in [2.75, 3.05) is 18.5 Å². The molecule has 0 aliphatic carbocycles. The predicted octanol–water partition coefficient (Wildman–Crippen LogP) is 4.61. The second-order valence-electron chi connectivity index (χ2n) is 10.6. The van der Waals surface area contributed by atoms with Gasteiger partial charge in [-0.1, -0.05) is 5.21 Å². The summed E-state index contributed by atoms with van der Waals surface area (Å²) in [4.78, 5) is 27.0. The first-order chi connectivity index (χ1) is 19.6. The Labute approximate surface area is 237 Å². The minimum Gasteiger partial charge on any atom is -0.494 e. The highest BCUT2D eigenvalue weighted by Gasteiger charge is 2.17. The van der Waals surface area contributed by atoms with E-state index in [1.54, 1.807) is 21.8 Å². The summed E-state index contributed by atoms with van der Waals surface area (Å²) >= 11 is 0. The number of carboxylic acids is 1. The van der Waals surface area contributed by atoms with Crippen LogP contribution in [0.4, 0.5) is 16.3 Å². The van der Waals surface area contributed by atoms with Gasteiger partial charge in [0.1, 0.15) is 33.9 Å². The monoisotopic (exact) mass is 564 g/mol. The zero-order chi connectivity index (χ0) is 29.4. The Morgan fingerprint density at radius 2 is 1.85 bits per heavy atom. The van der Waals surface area contributed by atoms with Crippen LogP contribution in [-0.4, -0.2) is 65.7 Å². The molecule has 4 aromatic rings. The number of anilines is 2. The normalized spacial score (nSPS) is 11.4. The van der Waals surface area contributed by atoms with E-state index in [2.05, 4.69) is 31.0 Å². The van der Waals surface area contributed by atoms with E-state index in [4.69, 9.17) is 14.6 Å². The molecule has 0 fully saturated rings. The van der Waals surface area contributed by atoms with Crippen LogP contribution < -0.4 is 15.4 Å². The number of unbranched alkanes of at least 4 members (excludes halogenated alkanes) is 1. The molecule has 0 saturated heterocycles. The van der Waals surface area contributed by atoms with Gasteiger partial charge in [-0.3, -0.25) is 9.48 Å². The van der Waals surface area contributed by atoms with Gasteiger partial charge in [-0.05, 0) is 71.2 Å². The first-order valence-electron chi connectivity index (χ1n) is 13.5. The lowest BCUT2D eigenvalue weighted by atomic mass is 10.2. The summed E-state index contributed by atoms with van der Waals surface area (Å²) in [6.45, 7) is 8.98. The Bertz CT molecular complexity index is 1470. The molecule has 3 aromatic heterocycles. The standard InChI is InChI=1S/C28H36N8O5/c1-19-25-23(17-30-26(19)32-20-9-11-22(12-10-20)40-15-6-5-8-24(37)38)33-34-36(25)21-16-31-35(18-21)14-7-13-29-27(39)41-28(2,3)4/h9-12,16-18H,5-8,13-15H2,1-4H3,(H,29,39)(H,30,32)(H,37,38). The number of aromatic nitrogens is 6. The molecule has 4 rings (SSSR count). The van der Waals surface area contributed by atoms with E-state index in [0.717, 1.165) is 22.5 Å². The van der Waals surface area contributed by atoms with Crippen LogP contribution in [0, 0.1) is 6.92 Å². The van der Waals surface area contributed by atoms with E-state index in [9.17, 15) is 9.59 Å². The molecule has 41 heavy (non-hydrogen) atoms. The average Bonchev–Trinajstić information content (AvgIpc) is 3.55. The molecule has 0 radical (unpaired) electrons. The van der Waals surface area contributed by atoms with Crippen LogP contribution in [0.5, 0.6) is 5.75 Å². The number of rotatable bonds is 13. The molecule has 3 N–H and O–H groups in total. The van der Waals surface area contributed by atoms with Crippen molar-refractivity contribution >= 4 is 34.6 Å². The lowest BCUT2D eigenvalue weighted by Crippen LogP contribution is -2.33. The van der Waals surface area contributed by atoms with Gasteiger partial charge >= 0.3 is 12.1 Å². The van der Waals surface area contributed by atoms with Crippen LogP contribution in [0.3, 0.4) is 0 Å². The van der Waals surface area contributed by atoms with Crippen LogP contribution in [0.15, 0.2) is 42.9 Å². The molecule has 0 spiro atoms.